The van der Waals surface area contributed by atoms with Crippen molar-refractivity contribution in [1.82, 2.24) is 4.98 Å². The molecule has 0 radical (unpaired) electrons. The maximum Gasteiger partial charge on any atom is 0.421 e. The molecule has 0 atom stereocenters. The summed E-state index contributed by atoms with van der Waals surface area (Å²) < 4.78 is 61.1. The second-order valence-corrected chi connectivity index (χ2v) is 2.80. The molecule has 8 heteroatoms. The molecule has 0 aromatic carbocycles. The van der Waals surface area contributed by atoms with E-state index < -0.39 is 35.0 Å². The average molecular weight is 241 g/mol. The van der Waals surface area contributed by atoms with Crippen molar-refractivity contribution in [2.24, 2.45) is 0 Å². The molecular formula is C8H4F5NO2. The zero-order valence-corrected chi connectivity index (χ0v) is 7.44. The number of aromatic nitrogens is 1. The lowest BCUT2D eigenvalue weighted by atomic mass is 10.1. The van der Waals surface area contributed by atoms with Gasteiger partial charge in [-0.2, -0.15) is 13.2 Å². The third-order valence-corrected chi connectivity index (χ3v) is 1.76. The highest BCUT2D eigenvalue weighted by molar-refractivity contribution is 5.74. The van der Waals surface area contributed by atoms with Gasteiger partial charge in [-0.3, -0.25) is 9.59 Å². The lowest BCUT2D eigenvalue weighted by molar-refractivity contribution is -0.138. The van der Waals surface area contributed by atoms with Gasteiger partial charge >= 0.3 is 6.18 Å². The summed E-state index contributed by atoms with van der Waals surface area (Å²) in [6, 6.07) is -0.0206. The van der Waals surface area contributed by atoms with Crippen molar-refractivity contribution in [3.05, 3.63) is 33.2 Å². The van der Waals surface area contributed by atoms with Crippen molar-refractivity contribution in [2.75, 3.05) is 0 Å². The van der Waals surface area contributed by atoms with Gasteiger partial charge in [-0.05, 0) is 6.07 Å². The summed E-state index contributed by atoms with van der Waals surface area (Å²) in [5, 5.41) is 0. The molecule has 0 unspecified atom stereocenters. The number of nitrogens with one attached hydrogen (secondary N) is 1. The molecule has 1 aromatic heterocycles. The molecule has 0 amide bonds. The van der Waals surface area contributed by atoms with E-state index in [-0.39, 0.29) is 12.4 Å². The van der Waals surface area contributed by atoms with Crippen LogP contribution in [0.3, 0.4) is 0 Å². The van der Waals surface area contributed by atoms with Crippen molar-refractivity contribution in [1.29, 1.82) is 0 Å². The zero-order chi connectivity index (χ0) is 12.5. The fraction of sp³-hybridized carbons (Fsp3) is 0.250. The number of carbonyl (C=O) groups is 1. The maximum atomic E-state index is 12.3. The fourth-order valence-electron chi connectivity index (χ4n) is 1.05. The van der Waals surface area contributed by atoms with Crippen molar-refractivity contribution in [3.63, 3.8) is 0 Å². The molecule has 1 heterocycles. The Morgan fingerprint density at radius 3 is 2.25 bits per heavy atom. The quantitative estimate of drug-likeness (QED) is 0.637. The van der Waals surface area contributed by atoms with Gasteiger partial charge in [0.1, 0.15) is 5.56 Å². The minimum absolute atomic E-state index is 0.0206. The molecule has 0 aliphatic heterocycles. The summed E-state index contributed by atoms with van der Waals surface area (Å²) in [4.78, 5) is 22.6. The molecule has 1 rings (SSSR count). The second-order valence-electron chi connectivity index (χ2n) is 2.80. The van der Waals surface area contributed by atoms with E-state index in [1.807, 2.05) is 0 Å². The van der Waals surface area contributed by atoms with E-state index in [9.17, 15) is 31.5 Å². The van der Waals surface area contributed by atoms with Gasteiger partial charge in [-0.1, -0.05) is 0 Å². The Hall–Kier alpha value is -1.73. The molecule has 0 saturated heterocycles. The van der Waals surface area contributed by atoms with Crippen LogP contribution in [-0.2, 0) is 6.18 Å². The van der Waals surface area contributed by atoms with Gasteiger partial charge in [0, 0.05) is 5.56 Å². The van der Waals surface area contributed by atoms with Crippen LogP contribution < -0.4 is 5.56 Å². The predicted molar refractivity (Wildman–Crippen MR) is 42.4 cm³/mol. The topological polar surface area (TPSA) is 49.9 Å². The smallest absolute Gasteiger partial charge is 0.319 e. The number of hydrogen-bond donors (Lipinski definition) is 1. The van der Waals surface area contributed by atoms with Crippen molar-refractivity contribution in [3.8, 4) is 0 Å². The van der Waals surface area contributed by atoms with Crippen LogP contribution in [0.4, 0.5) is 22.0 Å². The highest BCUT2D eigenvalue weighted by Crippen LogP contribution is 2.29. The first-order valence-electron chi connectivity index (χ1n) is 3.85. The van der Waals surface area contributed by atoms with Crippen molar-refractivity contribution >= 4 is 6.29 Å². The maximum absolute atomic E-state index is 12.3. The van der Waals surface area contributed by atoms with Gasteiger partial charge < -0.3 is 4.98 Å². The first-order valence-corrected chi connectivity index (χ1v) is 3.85. The number of aldehydes is 1. The minimum Gasteiger partial charge on any atom is -0.319 e. The Morgan fingerprint density at radius 2 is 1.88 bits per heavy atom. The Labute approximate surface area is 84.9 Å². The van der Waals surface area contributed by atoms with Crippen molar-refractivity contribution < 1.29 is 26.7 Å². The molecule has 3 nitrogen and oxygen atoms in total. The zero-order valence-electron chi connectivity index (χ0n) is 7.44. The van der Waals surface area contributed by atoms with Crippen LogP contribution in [0, 0.1) is 0 Å². The van der Waals surface area contributed by atoms with E-state index in [0.29, 0.717) is 0 Å². The van der Waals surface area contributed by atoms with E-state index >= 15 is 0 Å². The number of carbonyl (C=O) groups excluding carboxylic acids is 1. The van der Waals surface area contributed by atoms with E-state index in [2.05, 4.69) is 0 Å². The Balaban J connectivity index is 3.52. The third kappa shape index (κ3) is 2.26. The van der Waals surface area contributed by atoms with Crippen LogP contribution in [0.1, 0.15) is 28.0 Å². The molecule has 0 aliphatic carbocycles. The number of aromatic amines is 1. The molecule has 0 spiro atoms. The molecule has 0 saturated carbocycles. The molecular weight excluding hydrogens is 237 g/mol. The number of hydrogen-bond acceptors (Lipinski definition) is 2. The van der Waals surface area contributed by atoms with Crippen LogP contribution >= 0.6 is 0 Å². The van der Waals surface area contributed by atoms with Gasteiger partial charge in [-0.25, -0.2) is 8.78 Å². The largest absolute Gasteiger partial charge is 0.421 e. The van der Waals surface area contributed by atoms with Gasteiger partial charge in [0.05, 0.1) is 5.69 Å². The lowest BCUT2D eigenvalue weighted by Gasteiger charge is -2.09. The van der Waals surface area contributed by atoms with E-state index in [1.54, 1.807) is 0 Å². The summed E-state index contributed by atoms with van der Waals surface area (Å²) >= 11 is 0. The third-order valence-electron chi connectivity index (χ3n) is 1.76. The summed E-state index contributed by atoms with van der Waals surface area (Å²) in [6.07, 6.45) is -8.46. The fourth-order valence-corrected chi connectivity index (χ4v) is 1.05. The summed E-state index contributed by atoms with van der Waals surface area (Å²) in [5.41, 5.74) is -5.39. The Morgan fingerprint density at radius 1 is 1.31 bits per heavy atom. The first kappa shape index (κ1) is 12.3. The van der Waals surface area contributed by atoms with Crippen LogP contribution in [0.15, 0.2) is 10.9 Å². The number of halogens is 5. The lowest BCUT2D eigenvalue weighted by Crippen LogP contribution is -2.23. The number of pyridine rings is 1. The minimum atomic E-state index is -5.04. The molecule has 1 aromatic rings. The SMILES string of the molecule is O=Cc1[nH]c(=O)c(C(F)(F)F)cc1C(F)F. The Bertz CT molecular complexity index is 462. The van der Waals surface area contributed by atoms with E-state index in [4.69, 9.17) is 0 Å². The van der Waals surface area contributed by atoms with E-state index in [0.717, 1.165) is 0 Å². The Kier molecular flexibility index (Phi) is 3.11. The molecule has 88 valence electrons. The van der Waals surface area contributed by atoms with Crippen molar-refractivity contribution in [2.45, 2.75) is 12.6 Å². The molecule has 0 fully saturated rings. The van der Waals surface area contributed by atoms with Crippen LogP contribution in [0.25, 0.3) is 0 Å². The second kappa shape index (κ2) is 4.03. The number of rotatable bonds is 2. The van der Waals surface area contributed by atoms with Gasteiger partial charge in [-0.15, -0.1) is 0 Å². The normalized spacial score (nSPS) is 11.9. The molecule has 16 heavy (non-hydrogen) atoms. The standard InChI is InChI=1S/C8H4F5NO2/c9-6(10)3-1-4(8(11,12)13)7(16)14-5(3)2-15/h1-2,6H,(H,14,16). The number of H-pyrrole nitrogens is 1. The molecule has 0 aliphatic rings. The first-order chi connectivity index (χ1) is 7.27. The van der Waals surface area contributed by atoms with Crippen LogP contribution in [0.2, 0.25) is 0 Å². The molecule has 0 bridgehead atoms. The summed E-state index contributed by atoms with van der Waals surface area (Å²) in [6.45, 7) is 0. The summed E-state index contributed by atoms with van der Waals surface area (Å²) in [5.74, 6) is 0. The molecule has 1 N–H and O–H groups in total. The van der Waals surface area contributed by atoms with Crippen LogP contribution in [-0.4, -0.2) is 11.3 Å². The number of alkyl halides is 5. The van der Waals surface area contributed by atoms with Gasteiger partial charge in [0.25, 0.3) is 12.0 Å². The monoisotopic (exact) mass is 241 g/mol. The van der Waals surface area contributed by atoms with Crippen LogP contribution in [0.5, 0.6) is 0 Å². The average Bonchev–Trinajstić information content (AvgIpc) is 2.14. The highest BCUT2D eigenvalue weighted by atomic mass is 19.4. The van der Waals surface area contributed by atoms with Gasteiger partial charge in [0.15, 0.2) is 6.29 Å². The van der Waals surface area contributed by atoms with Gasteiger partial charge in [0.2, 0.25) is 0 Å². The van der Waals surface area contributed by atoms with E-state index in [1.165, 1.54) is 4.98 Å². The predicted octanol–water partition coefficient (Wildman–Crippen LogP) is 2.14. The highest BCUT2D eigenvalue weighted by Gasteiger charge is 2.35. The summed E-state index contributed by atoms with van der Waals surface area (Å²) in [7, 11) is 0.